The van der Waals surface area contributed by atoms with Crippen LogP contribution in [0.4, 0.5) is 0 Å². The molecule has 0 aliphatic carbocycles. The van der Waals surface area contributed by atoms with Gasteiger partial charge in [-0.2, -0.15) is 0 Å². The zero-order valence-corrected chi connectivity index (χ0v) is 14.3. The number of ketones is 1. The van der Waals surface area contributed by atoms with Crippen LogP contribution in [0.25, 0.3) is 0 Å². The van der Waals surface area contributed by atoms with Crippen molar-refractivity contribution in [3.8, 4) is 0 Å². The fourth-order valence-electron chi connectivity index (χ4n) is 2.28. The van der Waals surface area contributed by atoms with Gasteiger partial charge in [0.2, 0.25) is 0 Å². The van der Waals surface area contributed by atoms with Gasteiger partial charge in [0.25, 0.3) is 0 Å². The summed E-state index contributed by atoms with van der Waals surface area (Å²) in [4.78, 5) is 22.5. The minimum absolute atomic E-state index is 0.0456. The summed E-state index contributed by atoms with van der Waals surface area (Å²) >= 11 is 0. The lowest BCUT2D eigenvalue weighted by Crippen LogP contribution is -2.15. The molecule has 0 rings (SSSR count). The molecule has 0 aromatic carbocycles. The van der Waals surface area contributed by atoms with Crippen molar-refractivity contribution < 1.29 is 14.3 Å². The predicted octanol–water partition coefficient (Wildman–Crippen LogP) is 5.07. The van der Waals surface area contributed by atoms with Crippen LogP contribution < -0.4 is 0 Å². The van der Waals surface area contributed by atoms with Crippen LogP contribution in [0.1, 0.15) is 91.4 Å². The molecule has 1 unspecified atom stereocenters. The molecule has 3 heteroatoms. The van der Waals surface area contributed by atoms with Gasteiger partial charge in [-0.05, 0) is 12.3 Å². The fourth-order valence-corrected chi connectivity index (χ4v) is 2.28. The second-order valence-electron chi connectivity index (χ2n) is 6.12. The molecule has 0 saturated carbocycles. The molecule has 0 aliphatic rings. The molecule has 0 aliphatic heterocycles. The zero-order valence-electron chi connectivity index (χ0n) is 14.3. The zero-order chi connectivity index (χ0) is 15.9. The molecular weight excluding hydrogens is 264 g/mol. The molecule has 21 heavy (non-hydrogen) atoms. The standard InChI is InChI=1S/C18H34O3/c1-4-6-7-8-9-10-11-12-13-16(3)15-21-18(20)14-17(19)5-2/h16H,4-15H2,1-3H3. The number of unbranched alkanes of at least 4 members (excludes halogenated alkanes) is 7. The van der Waals surface area contributed by atoms with E-state index in [0.717, 1.165) is 6.42 Å². The van der Waals surface area contributed by atoms with Crippen molar-refractivity contribution in [2.45, 2.75) is 91.4 Å². The Morgan fingerprint density at radius 2 is 1.48 bits per heavy atom. The van der Waals surface area contributed by atoms with Crippen LogP contribution in [-0.2, 0) is 14.3 Å². The van der Waals surface area contributed by atoms with E-state index in [1.165, 1.54) is 51.4 Å². The van der Waals surface area contributed by atoms with Gasteiger partial charge in [0.15, 0.2) is 0 Å². The van der Waals surface area contributed by atoms with Crippen LogP contribution >= 0.6 is 0 Å². The Kier molecular flexibility index (Phi) is 13.5. The number of Topliss-reactive ketones (excluding diaryl/α,β-unsaturated/α-hetero) is 1. The molecule has 0 amide bonds. The predicted molar refractivity (Wildman–Crippen MR) is 87.3 cm³/mol. The first-order chi connectivity index (χ1) is 10.1. The van der Waals surface area contributed by atoms with E-state index in [2.05, 4.69) is 13.8 Å². The second-order valence-corrected chi connectivity index (χ2v) is 6.12. The Hall–Kier alpha value is -0.860. The lowest BCUT2D eigenvalue weighted by Gasteiger charge is -2.11. The van der Waals surface area contributed by atoms with Crippen LogP contribution in [0.2, 0.25) is 0 Å². The highest BCUT2D eigenvalue weighted by Crippen LogP contribution is 2.13. The third-order valence-electron chi connectivity index (χ3n) is 3.82. The highest BCUT2D eigenvalue weighted by Gasteiger charge is 2.10. The molecular formula is C18H34O3. The number of hydrogen-bond donors (Lipinski definition) is 0. The minimum Gasteiger partial charge on any atom is -0.465 e. The third kappa shape index (κ3) is 13.9. The van der Waals surface area contributed by atoms with Crippen molar-refractivity contribution in [3.05, 3.63) is 0 Å². The first kappa shape index (κ1) is 20.1. The lowest BCUT2D eigenvalue weighted by molar-refractivity contribution is -0.147. The van der Waals surface area contributed by atoms with Crippen LogP contribution in [-0.4, -0.2) is 18.4 Å². The Bertz CT molecular complexity index is 274. The summed E-state index contributed by atoms with van der Waals surface area (Å²) < 4.78 is 5.14. The molecule has 0 N–H and O–H groups in total. The molecule has 0 saturated heterocycles. The minimum atomic E-state index is -0.371. The van der Waals surface area contributed by atoms with E-state index in [-0.39, 0.29) is 18.2 Å². The van der Waals surface area contributed by atoms with Crippen molar-refractivity contribution >= 4 is 11.8 Å². The quantitative estimate of drug-likeness (QED) is 0.255. The highest BCUT2D eigenvalue weighted by atomic mass is 16.5. The Balaban J connectivity index is 3.40. The smallest absolute Gasteiger partial charge is 0.313 e. The molecule has 0 bridgehead atoms. The van der Waals surface area contributed by atoms with Gasteiger partial charge >= 0.3 is 5.97 Å². The molecule has 0 aromatic heterocycles. The lowest BCUT2D eigenvalue weighted by atomic mass is 10.0. The van der Waals surface area contributed by atoms with Gasteiger partial charge < -0.3 is 4.74 Å². The summed E-state index contributed by atoms with van der Waals surface area (Å²) in [6, 6.07) is 0. The molecule has 0 radical (unpaired) electrons. The number of esters is 1. The summed E-state index contributed by atoms with van der Waals surface area (Å²) in [6.07, 6.45) is 12.0. The van der Waals surface area contributed by atoms with Gasteiger partial charge in [-0.15, -0.1) is 0 Å². The number of carbonyl (C=O) groups is 2. The third-order valence-corrected chi connectivity index (χ3v) is 3.82. The second kappa shape index (κ2) is 14.1. The molecule has 0 aromatic rings. The summed E-state index contributed by atoms with van der Waals surface area (Å²) in [5.41, 5.74) is 0. The van der Waals surface area contributed by atoms with Gasteiger partial charge in [0.1, 0.15) is 12.2 Å². The van der Waals surface area contributed by atoms with E-state index in [0.29, 0.717) is 18.9 Å². The van der Waals surface area contributed by atoms with Crippen molar-refractivity contribution in [2.75, 3.05) is 6.61 Å². The number of hydrogen-bond acceptors (Lipinski definition) is 3. The average molecular weight is 298 g/mol. The van der Waals surface area contributed by atoms with Crippen LogP contribution in [0, 0.1) is 5.92 Å². The molecule has 1 atom stereocenters. The van der Waals surface area contributed by atoms with Crippen LogP contribution in [0.3, 0.4) is 0 Å². The molecule has 3 nitrogen and oxygen atoms in total. The monoisotopic (exact) mass is 298 g/mol. The first-order valence-electron chi connectivity index (χ1n) is 8.77. The number of carbonyl (C=O) groups excluding carboxylic acids is 2. The van der Waals surface area contributed by atoms with Crippen molar-refractivity contribution in [1.29, 1.82) is 0 Å². The maximum Gasteiger partial charge on any atom is 0.313 e. The summed E-state index contributed by atoms with van der Waals surface area (Å²) in [7, 11) is 0. The Labute approximate surface area is 130 Å². The highest BCUT2D eigenvalue weighted by molar-refractivity contribution is 5.95. The van der Waals surface area contributed by atoms with Crippen LogP contribution in [0.5, 0.6) is 0 Å². The van der Waals surface area contributed by atoms with E-state index in [1.807, 2.05) is 0 Å². The van der Waals surface area contributed by atoms with Crippen molar-refractivity contribution in [2.24, 2.45) is 5.92 Å². The van der Waals surface area contributed by atoms with E-state index in [9.17, 15) is 9.59 Å². The van der Waals surface area contributed by atoms with Gasteiger partial charge in [-0.3, -0.25) is 9.59 Å². The largest absolute Gasteiger partial charge is 0.465 e. The summed E-state index contributed by atoms with van der Waals surface area (Å²) in [5, 5.41) is 0. The maximum absolute atomic E-state index is 11.4. The van der Waals surface area contributed by atoms with E-state index < -0.39 is 0 Å². The normalized spacial score (nSPS) is 12.1. The average Bonchev–Trinajstić information content (AvgIpc) is 2.47. The molecule has 0 heterocycles. The van der Waals surface area contributed by atoms with Crippen molar-refractivity contribution in [1.82, 2.24) is 0 Å². The van der Waals surface area contributed by atoms with Gasteiger partial charge in [-0.1, -0.05) is 72.1 Å². The SMILES string of the molecule is CCCCCCCCCCC(C)COC(=O)CC(=O)CC. The van der Waals surface area contributed by atoms with Gasteiger partial charge in [-0.25, -0.2) is 0 Å². The fraction of sp³-hybridized carbons (Fsp3) is 0.889. The van der Waals surface area contributed by atoms with E-state index >= 15 is 0 Å². The van der Waals surface area contributed by atoms with E-state index in [1.54, 1.807) is 6.92 Å². The van der Waals surface area contributed by atoms with Crippen molar-refractivity contribution in [3.63, 3.8) is 0 Å². The van der Waals surface area contributed by atoms with Gasteiger partial charge in [0, 0.05) is 6.42 Å². The first-order valence-corrected chi connectivity index (χ1v) is 8.77. The van der Waals surface area contributed by atoms with Crippen LogP contribution in [0.15, 0.2) is 0 Å². The summed E-state index contributed by atoms with van der Waals surface area (Å²) in [5.74, 6) is -0.0221. The Morgan fingerprint density at radius 1 is 0.905 bits per heavy atom. The molecule has 124 valence electrons. The molecule has 0 spiro atoms. The summed E-state index contributed by atoms with van der Waals surface area (Å²) in [6.45, 7) is 6.56. The molecule has 0 fully saturated rings. The topological polar surface area (TPSA) is 43.4 Å². The van der Waals surface area contributed by atoms with Gasteiger partial charge in [0.05, 0.1) is 6.61 Å². The Morgan fingerprint density at radius 3 is 2.05 bits per heavy atom. The van der Waals surface area contributed by atoms with E-state index in [4.69, 9.17) is 4.74 Å². The maximum atomic E-state index is 11.4. The number of rotatable bonds is 14. The number of ether oxygens (including phenoxy) is 1.